The van der Waals surface area contributed by atoms with Gasteiger partial charge >= 0.3 is 0 Å². The van der Waals surface area contributed by atoms with Crippen molar-refractivity contribution in [3.8, 4) is 12.1 Å². The summed E-state index contributed by atoms with van der Waals surface area (Å²) in [7, 11) is 2.01. The summed E-state index contributed by atoms with van der Waals surface area (Å²) in [6, 6.07) is 14.4. The highest BCUT2D eigenvalue weighted by Crippen LogP contribution is 2.46. The van der Waals surface area contributed by atoms with Crippen molar-refractivity contribution in [2.45, 2.75) is 26.9 Å². The van der Waals surface area contributed by atoms with Crippen molar-refractivity contribution in [1.82, 2.24) is 0 Å². The largest absolute Gasteiger partial charge is 0.352 e. The Balaban J connectivity index is 2.30. The van der Waals surface area contributed by atoms with Crippen LogP contribution in [0.3, 0.4) is 0 Å². The number of nitriles is 2. The lowest BCUT2D eigenvalue weighted by molar-refractivity contribution is 0.733. The van der Waals surface area contributed by atoms with Gasteiger partial charge in [-0.3, -0.25) is 0 Å². The first kappa shape index (κ1) is 14.9. The van der Waals surface area contributed by atoms with Crippen LogP contribution in [0.25, 0.3) is 0 Å². The number of anilines is 3. The molecule has 3 rings (SSSR count). The topological polar surface area (TPSA) is 54.1 Å². The molecule has 1 atom stereocenters. The number of benzene rings is 2. The molecule has 4 nitrogen and oxygen atoms in total. The second kappa shape index (κ2) is 5.34. The smallest absolute Gasteiger partial charge is 0.103 e. The standard InChI is InChI=1S/C19H18N4/c1-12-7-13(2)9-16(8-12)23-14(3)22(4)18-6-5-15(10-20)17(11-21)19(18)23/h5-9,14H,1-4H3/t14-/m0/s1. The molecule has 0 amide bonds. The molecule has 0 saturated carbocycles. The summed E-state index contributed by atoms with van der Waals surface area (Å²) in [4.78, 5) is 4.28. The molecular weight excluding hydrogens is 284 g/mol. The average Bonchev–Trinajstić information content (AvgIpc) is 2.77. The van der Waals surface area contributed by atoms with Crippen molar-refractivity contribution in [2.24, 2.45) is 0 Å². The molecule has 0 radical (unpaired) electrons. The summed E-state index contributed by atoms with van der Waals surface area (Å²) in [5.74, 6) is 0. The van der Waals surface area contributed by atoms with E-state index >= 15 is 0 Å². The fourth-order valence-corrected chi connectivity index (χ4v) is 3.31. The van der Waals surface area contributed by atoms with E-state index in [1.54, 1.807) is 6.07 Å². The third-order valence-corrected chi connectivity index (χ3v) is 4.43. The fraction of sp³-hybridized carbons (Fsp3) is 0.263. The number of hydrogen-bond acceptors (Lipinski definition) is 4. The third-order valence-electron chi connectivity index (χ3n) is 4.43. The minimum absolute atomic E-state index is 0.0762. The monoisotopic (exact) mass is 302 g/mol. The molecule has 0 unspecified atom stereocenters. The lowest BCUT2D eigenvalue weighted by Gasteiger charge is -2.28. The first-order chi connectivity index (χ1) is 11.0. The predicted molar refractivity (Wildman–Crippen MR) is 91.8 cm³/mol. The van der Waals surface area contributed by atoms with Gasteiger partial charge in [0.15, 0.2) is 0 Å². The lowest BCUT2D eigenvalue weighted by Crippen LogP contribution is -2.35. The van der Waals surface area contributed by atoms with E-state index in [9.17, 15) is 10.5 Å². The van der Waals surface area contributed by atoms with E-state index in [1.165, 1.54) is 11.1 Å². The van der Waals surface area contributed by atoms with Crippen LogP contribution in [0.15, 0.2) is 30.3 Å². The Morgan fingerprint density at radius 3 is 2.22 bits per heavy atom. The molecule has 1 heterocycles. The summed E-state index contributed by atoms with van der Waals surface area (Å²) >= 11 is 0. The molecule has 0 fully saturated rings. The van der Waals surface area contributed by atoms with Gasteiger partial charge in [-0.2, -0.15) is 10.5 Å². The second-order valence-electron chi connectivity index (χ2n) is 6.04. The van der Waals surface area contributed by atoms with Crippen molar-refractivity contribution in [2.75, 3.05) is 16.8 Å². The zero-order valence-electron chi connectivity index (χ0n) is 13.8. The molecule has 0 aliphatic carbocycles. The first-order valence-electron chi connectivity index (χ1n) is 7.55. The van der Waals surface area contributed by atoms with E-state index in [4.69, 9.17) is 0 Å². The summed E-state index contributed by atoms with van der Waals surface area (Å²) in [5, 5.41) is 18.9. The van der Waals surface area contributed by atoms with E-state index in [2.05, 4.69) is 60.9 Å². The molecule has 2 aromatic carbocycles. The van der Waals surface area contributed by atoms with Gasteiger partial charge in [-0.25, -0.2) is 0 Å². The first-order valence-corrected chi connectivity index (χ1v) is 7.55. The number of nitrogens with zero attached hydrogens (tertiary/aromatic N) is 4. The number of rotatable bonds is 1. The van der Waals surface area contributed by atoms with E-state index in [0.717, 1.165) is 17.1 Å². The Morgan fingerprint density at radius 2 is 1.65 bits per heavy atom. The highest BCUT2D eigenvalue weighted by atomic mass is 15.4. The zero-order chi connectivity index (χ0) is 16.7. The number of fused-ring (bicyclic) bond motifs is 1. The van der Waals surface area contributed by atoms with Gasteiger partial charge in [0.1, 0.15) is 18.3 Å². The van der Waals surface area contributed by atoms with Crippen molar-refractivity contribution in [3.63, 3.8) is 0 Å². The maximum Gasteiger partial charge on any atom is 0.103 e. The van der Waals surface area contributed by atoms with Crippen molar-refractivity contribution in [1.29, 1.82) is 10.5 Å². The van der Waals surface area contributed by atoms with Crippen LogP contribution in [0.4, 0.5) is 17.1 Å². The van der Waals surface area contributed by atoms with Gasteiger partial charge in [-0.15, -0.1) is 0 Å². The highest BCUT2D eigenvalue weighted by molar-refractivity contribution is 5.89. The van der Waals surface area contributed by atoms with Gasteiger partial charge in [0, 0.05) is 12.7 Å². The van der Waals surface area contributed by atoms with Crippen LogP contribution in [0, 0.1) is 36.5 Å². The third kappa shape index (κ3) is 2.20. The summed E-state index contributed by atoms with van der Waals surface area (Å²) < 4.78 is 0. The molecule has 114 valence electrons. The minimum Gasteiger partial charge on any atom is -0.352 e. The van der Waals surface area contributed by atoms with Gasteiger partial charge in [0.05, 0.1) is 22.5 Å². The quantitative estimate of drug-likeness (QED) is 0.799. The zero-order valence-corrected chi connectivity index (χ0v) is 13.8. The fourth-order valence-electron chi connectivity index (χ4n) is 3.31. The van der Waals surface area contributed by atoms with Crippen LogP contribution in [0.5, 0.6) is 0 Å². The van der Waals surface area contributed by atoms with Crippen LogP contribution in [-0.4, -0.2) is 13.2 Å². The molecule has 1 aliphatic rings. The lowest BCUT2D eigenvalue weighted by atomic mass is 10.0. The second-order valence-corrected chi connectivity index (χ2v) is 6.04. The van der Waals surface area contributed by atoms with E-state index in [0.29, 0.717) is 11.1 Å². The van der Waals surface area contributed by atoms with Gasteiger partial charge in [0.25, 0.3) is 0 Å². The highest BCUT2D eigenvalue weighted by Gasteiger charge is 2.35. The minimum atomic E-state index is 0.0762. The summed E-state index contributed by atoms with van der Waals surface area (Å²) in [5.41, 5.74) is 6.07. The van der Waals surface area contributed by atoms with Gasteiger partial charge in [-0.1, -0.05) is 6.07 Å². The molecule has 0 bridgehead atoms. The molecule has 4 heteroatoms. The molecule has 0 N–H and O–H groups in total. The molecular formula is C19H18N4. The van der Waals surface area contributed by atoms with Gasteiger partial charge in [0.2, 0.25) is 0 Å². The molecule has 2 aromatic rings. The average molecular weight is 302 g/mol. The van der Waals surface area contributed by atoms with E-state index < -0.39 is 0 Å². The summed E-state index contributed by atoms with van der Waals surface area (Å²) in [6.45, 7) is 6.24. The Bertz CT molecular complexity index is 850. The maximum absolute atomic E-state index is 9.61. The van der Waals surface area contributed by atoms with Crippen LogP contribution < -0.4 is 9.80 Å². The molecule has 0 aromatic heterocycles. The van der Waals surface area contributed by atoms with Crippen LogP contribution in [-0.2, 0) is 0 Å². The molecule has 23 heavy (non-hydrogen) atoms. The molecule has 0 spiro atoms. The maximum atomic E-state index is 9.61. The Kier molecular flexibility index (Phi) is 3.47. The van der Waals surface area contributed by atoms with E-state index in [1.807, 2.05) is 13.1 Å². The van der Waals surface area contributed by atoms with Crippen LogP contribution >= 0.6 is 0 Å². The van der Waals surface area contributed by atoms with Crippen molar-refractivity contribution < 1.29 is 0 Å². The predicted octanol–water partition coefficient (Wildman–Crippen LogP) is 3.98. The van der Waals surface area contributed by atoms with E-state index in [-0.39, 0.29) is 6.17 Å². The van der Waals surface area contributed by atoms with Gasteiger partial charge < -0.3 is 9.80 Å². The Hall–Kier alpha value is -2.98. The van der Waals surface area contributed by atoms with Crippen molar-refractivity contribution >= 4 is 17.1 Å². The Labute approximate surface area is 136 Å². The summed E-state index contributed by atoms with van der Waals surface area (Å²) in [6.07, 6.45) is 0.0762. The number of hydrogen-bond donors (Lipinski definition) is 0. The number of aryl methyl sites for hydroxylation is 2. The van der Waals surface area contributed by atoms with Crippen LogP contribution in [0.2, 0.25) is 0 Å². The normalized spacial score (nSPS) is 16.0. The Morgan fingerprint density at radius 1 is 1.00 bits per heavy atom. The SMILES string of the molecule is Cc1cc(C)cc(N2c3c(ccc(C#N)c3C#N)N(C)[C@@H]2C)c1. The van der Waals surface area contributed by atoms with Crippen LogP contribution in [0.1, 0.15) is 29.2 Å². The molecule has 1 aliphatic heterocycles. The van der Waals surface area contributed by atoms with Crippen molar-refractivity contribution in [3.05, 3.63) is 52.6 Å². The van der Waals surface area contributed by atoms with Gasteiger partial charge in [-0.05, 0) is 56.2 Å². The molecule has 0 saturated heterocycles.